The second-order valence-electron chi connectivity index (χ2n) is 6.56. The second-order valence-corrected chi connectivity index (χ2v) is 6.56. The van der Waals surface area contributed by atoms with Gasteiger partial charge in [-0.05, 0) is 36.6 Å². The van der Waals surface area contributed by atoms with E-state index in [0.29, 0.717) is 18.7 Å². The summed E-state index contributed by atoms with van der Waals surface area (Å²) in [4.78, 5) is 14.8. The molecule has 3 rings (SSSR count). The van der Waals surface area contributed by atoms with Crippen molar-refractivity contribution in [2.75, 3.05) is 32.0 Å². The number of anilines is 1. The van der Waals surface area contributed by atoms with Crippen molar-refractivity contribution in [3.05, 3.63) is 66.0 Å². The number of carbonyl (C=O) groups is 1. The van der Waals surface area contributed by atoms with Gasteiger partial charge in [0.1, 0.15) is 11.4 Å². The number of nitrogens with zero attached hydrogens (tertiary/aromatic N) is 1. The first-order valence-corrected chi connectivity index (χ1v) is 8.63. The van der Waals surface area contributed by atoms with E-state index in [4.69, 9.17) is 0 Å². The van der Waals surface area contributed by atoms with Crippen LogP contribution in [0.2, 0.25) is 0 Å². The average molecular weight is 341 g/mol. The molecule has 5 heteroatoms. The predicted octanol–water partition coefficient (Wildman–Crippen LogP) is 2.67. The number of hydrogen-bond acceptors (Lipinski definition) is 3. The van der Waals surface area contributed by atoms with Gasteiger partial charge in [0.25, 0.3) is 0 Å². The normalized spacial score (nSPS) is 20.4. The molecule has 25 heavy (non-hydrogen) atoms. The molecule has 2 N–H and O–H groups in total. The SMILES string of the molecule is CNC(=O)C1(Nc2cccc(F)c2)CCN(CCc2ccccc2)C1. The van der Waals surface area contributed by atoms with Crippen LogP contribution in [-0.2, 0) is 11.2 Å². The van der Waals surface area contributed by atoms with Crippen molar-refractivity contribution < 1.29 is 9.18 Å². The number of nitrogens with one attached hydrogen (secondary N) is 2. The fourth-order valence-electron chi connectivity index (χ4n) is 3.44. The number of benzene rings is 2. The number of hydrogen-bond donors (Lipinski definition) is 2. The van der Waals surface area contributed by atoms with Crippen LogP contribution in [-0.4, -0.2) is 43.0 Å². The van der Waals surface area contributed by atoms with Crippen LogP contribution < -0.4 is 10.6 Å². The van der Waals surface area contributed by atoms with Gasteiger partial charge in [-0.15, -0.1) is 0 Å². The average Bonchev–Trinajstić information content (AvgIpc) is 3.04. The van der Waals surface area contributed by atoms with E-state index in [9.17, 15) is 9.18 Å². The third kappa shape index (κ3) is 4.17. The summed E-state index contributed by atoms with van der Waals surface area (Å²) in [5, 5.41) is 6.04. The Kier molecular flexibility index (Phi) is 5.34. The fourth-order valence-corrected chi connectivity index (χ4v) is 3.44. The summed E-state index contributed by atoms with van der Waals surface area (Å²) in [6.07, 6.45) is 1.64. The van der Waals surface area contributed by atoms with Crippen molar-refractivity contribution in [3.63, 3.8) is 0 Å². The standard InChI is InChI=1S/C20H24FN3O/c1-22-19(25)20(23-18-9-5-8-17(21)14-18)11-13-24(15-20)12-10-16-6-3-2-4-7-16/h2-9,14,23H,10-13,15H2,1H3,(H,22,25). The van der Waals surface area contributed by atoms with E-state index in [2.05, 4.69) is 27.7 Å². The first-order valence-electron chi connectivity index (χ1n) is 8.63. The van der Waals surface area contributed by atoms with Crippen molar-refractivity contribution in [1.82, 2.24) is 10.2 Å². The molecule has 1 saturated heterocycles. The third-order valence-corrected chi connectivity index (χ3v) is 4.78. The maximum absolute atomic E-state index is 13.5. The Morgan fingerprint density at radius 1 is 1.20 bits per heavy atom. The fraction of sp³-hybridized carbons (Fsp3) is 0.350. The van der Waals surface area contributed by atoms with Crippen LogP contribution in [0.5, 0.6) is 0 Å². The molecule has 1 atom stereocenters. The zero-order chi connectivity index (χ0) is 17.7. The van der Waals surface area contributed by atoms with E-state index in [1.807, 2.05) is 18.2 Å². The minimum atomic E-state index is -0.723. The number of likely N-dealkylation sites (tertiary alicyclic amines) is 1. The lowest BCUT2D eigenvalue weighted by Gasteiger charge is -2.30. The number of amides is 1. The number of carbonyl (C=O) groups excluding carboxylic acids is 1. The Balaban J connectivity index is 1.68. The summed E-state index contributed by atoms with van der Waals surface area (Å²) in [7, 11) is 1.64. The molecule has 0 aliphatic carbocycles. The van der Waals surface area contributed by atoms with Gasteiger partial charge in [0, 0.05) is 32.4 Å². The highest BCUT2D eigenvalue weighted by molar-refractivity contribution is 5.90. The van der Waals surface area contributed by atoms with E-state index in [-0.39, 0.29) is 11.7 Å². The maximum Gasteiger partial charge on any atom is 0.246 e. The summed E-state index contributed by atoms with van der Waals surface area (Å²) in [5.74, 6) is -0.366. The van der Waals surface area contributed by atoms with Gasteiger partial charge in [0.2, 0.25) is 5.91 Å². The lowest BCUT2D eigenvalue weighted by atomic mass is 9.96. The Morgan fingerprint density at radius 3 is 2.72 bits per heavy atom. The molecule has 1 amide bonds. The van der Waals surface area contributed by atoms with Crippen LogP contribution in [0.4, 0.5) is 10.1 Å². The van der Waals surface area contributed by atoms with Gasteiger partial charge in [0.15, 0.2) is 0 Å². The lowest BCUT2D eigenvalue weighted by Crippen LogP contribution is -2.53. The first-order chi connectivity index (χ1) is 12.1. The Labute approximate surface area is 148 Å². The van der Waals surface area contributed by atoms with E-state index in [0.717, 1.165) is 19.5 Å². The summed E-state index contributed by atoms with van der Waals surface area (Å²) in [5.41, 5.74) is 1.20. The number of halogens is 1. The molecular weight excluding hydrogens is 317 g/mol. The molecule has 1 fully saturated rings. The smallest absolute Gasteiger partial charge is 0.246 e. The summed E-state index contributed by atoms with van der Waals surface area (Å²) in [6.45, 7) is 2.34. The number of likely N-dealkylation sites (N-methyl/N-ethyl adjacent to an activating group) is 1. The van der Waals surface area contributed by atoms with Gasteiger partial charge < -0.3 is 15.5 Å². The van der Waals surface area contributed by atoms with Crippen LogP contribution in [0.15, 0.2) is 54.6 Å². The van der Waals surface area contributed by atoms with Crippen LogP contribution in [0, 0.1) is 5.82 Å². The van der Waals surface area contributed by atoms with Crippen LogP contribution >= 0.6 is 0 Å². The molecule has 0 radical (unpaired) electrons. The largest absolute Gasteiger partial charge is 0.370 e. The first kappa shape index (κ1) is 17.4. The Bertz CT molecular complexity index is 722. The highest BCUT2D eigenvalue weighted by Gasteiger charge is 2.44. The molecular formula is C20H24FN3O. The van der Waals surface area contributed by atoms with Gasteiger partial charge in [-0.1, -0.05) is 36.4 Å². The minimum Gasteiger partial charge on any atom is -0.370 e. The highest BCUT2D eigenvalue weighted by atomic mass is 19.1. The highest BCUT2D eigenvalue weighted by Crippen LogP contribution is 2.27. The van der Waals surface area contributed by atoms with Crippen molar-refractivity contribution in [3.8, 4) is 0 Å². The van der Waals surface area contributed by atoms with Crippen LogP contribution in [0.25, 0.3) is 0 Å². The molecule has 0 spiro atoms. The van der Waals surface area contributed by atoms with Gasteiger partial charge in [0.05, 0.1) is 0 Å². The summed E-state index contributed by atoms with van der Waals surface area (Å²) < 4.78 is 13.5. The Morgan fingerprint density at radius 2 is 2.00 bits per heavy atom. The molecule has 2 aromatic rings. The summed E-state index contributed by atoms with van der Waals surface area (Å²) >= 11 is 0. The lowest BCUT2D eigenvalue weighted by molar-refractivity contribution is -0.124. The monoisotopic (exact) mass is 341 g/mol. The molecule has 1 heterocycles. The van der Waals surface area contributed by atoms with Gasteiger partial charge in [-0.3, -0.25) is 4.79 Å². The molecule has 132 valence electrons. The van der Waals surface area contributed by atoms with Crippen LogP contribution in [0.1, 0.15) is 12.0 Å². The van der Waals surface area contributed by atoms with E-state index >= 15 is 0 Å². The van der Waals surface area contributed by atoms with Crippen molar-refractivity contribution in [2.45, 2.75) is 18.4 Å². The van der Waals surface area contributed by atoms with Gasteiger partial charge >= 0.3 is 0 Å². The van der Waals surface area contributed by atoms with Crippen molar-refractivity contribution in [1.29, 1.82) is 0 Å². The zero-order valence-electron chi connectivity index (χ0n) is 14.5. The van der Waals surface area contributed by atoms with Crippen LogP contribution in [0.3, 0.4) is 0 Å². The molecule has 0 aromatic heterocycles. The molecule has 1 aliphatic rings. The maximum atomic E-state index is 13.5. The number of rotatable bonds is 6. The molecule has 1 aliphatic heterocycles. The summed E-state index contributed by atoms with van der Waals surface area (Å²) in [6, 6.07) is 16.6. The third-order valence-electron chi connectivity index (χ3n) is 4.78. The van der Waals surface area contributed by atoms with Gasteiger partial charge in [-0.25, -0.2) is 4.39 Å². The van der Waals surface area contributed by atoms with Gasteiger partial charge in [-0.2, -0.15) is 0 Å². The quantitative estimate of drug-likeness (QED) is 0.849. The van der Waals surface area contributed by atoms with E-state index < -0.39 is 5.54 Å². The molecule has 4 nitrogen and oxygen atoms in total. The zero-order valence-corrected chi connectivity index (χ0v) is 14.5. The van der Waals surface area contributed by atoms with Crippen molar-refractivity contribution >= 4 is 11.6 Å². The topological polar surface area (TPSA) is 44.4 Å². The molecule has 2 aromatic carbocycles. The molecule has 0 saturated carbocycles. The van der Waals surface area contributed by atoms with E-state index in [1.165, 1.54) is 17.7 Å². The minimum absolute atomic E-state index is 0.0565. The Hall–Kier alpha value is -2.40. The van der Waals surface area contributed by atoms with E-state index in [1.54, 1.807) is 19.2 Å². The second kappa shape index (κ2) is 7.66. The predicted molar refractivity (Wildman–Crippen MR) is 98.0 cm³/mol. The molecule has 1 unspecified atom stereocenters. The van der Waals surface area contributed by atoms with Crippen molar-refractivity contribution in [2.24, 2.45) is 0 Å². The molecule has 0 bridgehead atoms.